The molecule has 1 rings (SSSR count). The van der Waals surface area contributed by atoms with E-state index in [9.17, 15) is 0 Å². The SMILES string of the molecule is CCNC(C)C1CCC(C)C1C. The lowest BCUT2D eigenvalue weighted by Crippen LogP contribution is -2.35. The highest BCUT2D eigenvalue weighted by Gasteiger charge is 2.32. The minimum Gasteiger partial charge on any atom is -0.314 e. The van der Waals surface area contributed by atoms with Crippen molar-refractivity contribution in [1.29, 1.82) is 0 Å². The highest BCUT2D eigenvalue weighted by molar-refractivity contribution is 4.85. The fourth-order valence-electron chi connectivity index (χ4n) is 2.58. The molecular weight excluding hydrogens is 146 g/mol. The zero-order valence-corrected chi connectivity index (χ0v) is 8.93. The van der Waals surface area contributed by atoms with Crippen LogP contribution in [-0.4, -0.2) is 12.6 Å². The molecule has 0 aromatic heterocycles. The van der Waals surface area contributed by atoms with Crippen LogP contribution in [-0.2, 0) is 0 Å². The summed E-state index contributed by atoms with van der Waals surface area (Å²) in [6.45, 7) is 10.4. The molecule has 1 saturated carbocycles. The first-order chi connectivity index (χ1) is 5.66. The molecule has 0 aliphatic heterocycles. The van der Waals surface area contributed by atoms with E-state index in [0.29, 0.717) is 0 Å². The molecule has 1 heteroatoms. The number of hydrogen-bond donors (Lipinski definition) is 1. The monoisotopic (exact) mass is 169 g/mol. The van der Waals surface area contributed by atoms with Gasteiger partial charge in [0.25, 0.3) is 0 Å². The molecule has 0 heterocycles. The van der Waals surface area contributed by atoms with Crippen molar-refractivity contribution in [3.05, 3.63) is 0 Å². The zero-order chi connectivity index (χ0) is 9.14. The van der Waals surface area contributed by atoms with E-state index in [4.69, 9.17) is 0 Å². The Labute approximate surface area is 76.9 Å². The second kappa shape index (κ2) is 4.27. The van der Waals surface area contributed by atoms with Crippen LogP contribution in [0.25, 0.3) is 0 Å². The minimum absolute atomic E-state index is 0.718. The molecule has 0 bridgehead atoms. The molecule has 1 nitrogen and oxygen atoms in total. The maximum atomic E-state index is 3.54. The van der Waals surface area contributed by atoms with Gasteiger partial charge in [0.05, 0.1) is 0 Å². The Hall–Kier alpha value is -0.0400. The van der Waals surface area contributed by atoms with Crippen molar-refractivity contribution in [1.82, 2.24) is 5.32 Å². The van der Waals surface area contributed by atoms with E-state index >= 15 is 0 Å². The van der Waals surface area contributed by atoms with Crippen LogP contribution in [0, 0.1) is 17.8 Å². The van der Waals surface area contributed by atoms with E-state index in [1.807, 2.05) is 0 Å². The molecule has 0 radical (unpaired) electrons. The molecule has 12 heavy (non-hydrogen) atoms. The van der Waals surface area contributed by atoms with Gasteiger partial charge in [0.15, 0.2) is 0 Å². The summed E-state index contributed by atoms with van der Waals surface area (Å²) in [5, 5.41) is 3.54. The highest BCUT2D eigenvalue weighted by atomic mass is 14.9. The van der Waals surface area contributed by atoms with Crippen molar-refractivity contribution in [2.24, 2.45) is 17.8 Å². The lowest BCUT2D eigenvalue weighted by molar-refractivity contribution is 0.287. The molecular formula is C11H23N. The van der Waals surface area contributed by atoms with Gasteiger partial charge in [0.2, 0.25) is 0 Å². The molecule has 1 N–H and O–H groups in total. The van der Waals surface area contributed by atoms with Crippen molar-refractivity contribution in [3.63, 3.8) is 0 Å². The predicted molar refractivity (Wildman–Crippen MR) is 54.2 cm³/mol. The molecule has 1 aliphatic carbocycles. The Morgan fingerprint density at radius 3 is 2.42 bits per heavy atom. The van der Waals surface area contributed by atoms with Gasteiger partial charge in [-0.25, -0.2) is 0 Å². The van der Waals surface area contributed by atoms with Crippen LogP contribution in [0.3, 0.4) is 0 Å². The number of hydrogen-bond acceptors (Lipinski definition) is 1. The molecule has 0 saturated heterocycles. The van der Waals surface area contributed by atoms with Crippen molar-refractivity contribution in [2.45, 2.75) is 46.6 Å². The van der Waals surface area contributed by atoms with E-state index in [1.165, 1.54) is 12.8 Å². The van der Waals surface area contributed by atoms with Gasteiger partial charge >= 0.3 is 0 Å². The van der Waals surface area contributed by atoms with Gasteiger partial charge in [-0.3, -0.25) is 0 Å². The fourth-order valence-corrected chi connectivity index (χ4v) is 2.58. The highest BCUT2D eigenvalue weighted by Crippen LogP contribution is 2.38. The number of rotatable bonds is 3. The summed E-state index contributed by atoms with van der Waals surface area (Å²) in [6.07, 6.45) is 2.86. The van der Waals surface area contributed by atoms with Crippen molar-refractivity contribution < 1.29 is 0 Å². The maximum Gasteiger partial charge on any atom is 0.00695 e. The molecule has 0 spiro atoms. The first-order valence-corrected chi connectivity index (χ1v) is 5.40. The zero-order valence-electron chi connectivity index (χ0n) is 8.93. The summed E-state index contributed by atoms with van der Waals surface area (Å²) in [6, 6.07) is 0.718. The van der Waals surface area contributed by atoms with E-state index in [-0.39, 0.29) is 0 Å². The first-order valence-electron chi connectivity index (χ1n) is 5.40. The van der Waals surface area contributed by atoms with Gasteiger partial charge in [0.1, 0.15) is 0 Å². The molecule has 1 fully saturated rings. The average molecular weight is 169 g/mol. The molecule has 4 unspecified atom stereocenters. The lowest BCUT2D eigenvalue weighted by Gasteiger charge is -2.25. The molecule has 0 amide bonds. The van der Waals surface area contributed by atoms with Crippen molar-refractivity contribution in [3.8, 4) is 0 Å². The van der Waals surface area contributed by atoms with E-state index in [1.54, 1.807) is 0 Å². The third kappa shape index (κ3) is 2.01. The quantitative estimate of drug-likeness (QED) is 0.685. The average Bonchev–Trinajstić information content (AvgIpc) is 2.34. The third-order valence-corrected chi connectivity index (χ3v) is 3.70. The van der Waals surface area contributed by atoms with Gasteiger partial charge in [-0.05, 0) is 37.6 Å². The topological polar surface area (TPSA) is 12.0 Å². The van der Waals surface area contributed by atoms with Gasteiger partial charge in [0, 0.05) is 6.04 Å². The van der Waals surface area contributed by atoms with Crippen LogP contribution in [0.4, 0.5) is 0 Å². The first kappa shape index (κ1) is 10.0. The molecule has 1 aliphatic rings. The summed E-state index contributed by atoms with van der Waals surface area (Å²) in [7, 11) is 0. The maximum absolute atomic E-state index is 3.54. The Balaban J connectivity index is 2.41. The van der Waals surface area contributed by atoms with E-state index in [0.717, 1.165) is 30.3 Å². The molecule has 4 atom stereocenters. The van der Waals surface area contributed by atoms with E-state index in [2.05, 4.69) is 33.0 Å². The van der Waals surface area contributed by atoms with Crippen molar-refractivity contribution in [2.75, 3.05) is 6.54 Å². The van der Waals surface area contributed by atoms with Crippen LogP contribution in [0.15, 0.2) is 0 Å². The van der Waals surface area contributed by atoms with Gasteiger partial charge in [-0.1, -0.05) is 27.2 Å². The fraction of sp³-hybridized carbons (Fsp3) is 1.00. The Kier molecular flexibility index (Phi) is 3.57. The smallest absolute Gasteiger partial charge is 0.00695 e. The summed E-state index contributed by atoms with van der Waals surface area (Å²) in [4.78, 5) is 0. The minimum atomic E-state index is 0.718. The normalized spacial score (nSPS) is 38.5. The second-order valence-corrected chi connectivity index (χ2v) is 4.42. The van der Waals surface area contributed by atoms with Crippen molar-refractivity contribution >= 4 is 0 Å². The Morgan fingerprint density at radius 1 is 1.33 bits per heavy atom. The van der Waals surface area contributed by atoms with Crippen LogP contribution < -0.4 is 5.32 Å². The largest absolute Gasteiger partial charge is 0.314 e. The van der Waals surface area contributed by atoms with Crippen LogP contribution in [0.5, 0.6) is 0 Å². The Morgan fingerprint density at radius 2 is 2.00 bits per heavy atom. The summed E-state index contributed by atoms with van der Waals surface area (Å²) in [5.74, 6) is 2.77. The molecule has 72 valence electrons. The summed E-state index contributed by atoms with van der Waals surface area (Å²) in [5.41, 5.74) is 0. The second-order valence-electron chi connectivity index (χ2n) is 4.42. The molecule has 0 aromatic rings. The van der Waals surface area contributed by atoms with Crippen LogP contribution >= 0.6 is 0 Å². The van der Waals surface area contributed by atoms with Gasteiger partial charge in [-0.2, -0.15) is 0 Å². The van der Waals surface area contributed by atoms with Crippen LogP contribution in [0.1, 0.15) is 40.5 Å². The molecule has 0 aromatic carbocycles. The predicted octanol–water partition coefficient (Wildman–Crippen LogP) is 2.67. The third-order valence-electron chi connectivity index (χ3n) is 3.70. The number of nitrogens with one attached hydrogen (secondary N) is 1. The summed E-state index contributed by atoms with van der Waals surface area (Å²) >= 11 is 0. The van der Waals surface area contributed by atoms with E-state index < -0.39 is 0 Å². The van der Waals surface area contributed by atoms with Gasteiger partial charge < -0.3 is 5.32 Å². The standard InChI is InChI=1S/C11H23N/c1-5-12-10(4)11-7-6-8(2)9(11)3/h8-12H,5-7H2,1-4H3. The van der Waals surface area contributed by atoms with Crippen LogP contribution in [0.2, 0.25) is 0 Å². The Bertz CT molecular complexity index is 133. The summed E-state index contributed by atoms with van der Waals surface area (Å²) < 4.78 is 0. The van der Waals surface area contributed by atoms with Gasteiger partial charge in [-0.15, -0.1) is 0 Å². The lowest BCUT2D eigenvalue weighted by atomic mass is 9.88.